The summed E-state index contributed by atoms with van der Waals surface area (Å²) in [5.41, 5.74) is 9.40. The molecule has 3 atom stereocenters. The number of hydrogen-bond donors (Lipinski definition) is 1. The number of benzene rings is 2. The van der Waals surface area contributed by atoms with Crippen LogP contribution in [0.4, 0.5) is 5.69 Å². The quantitative estimate of drug-likeness (QED) is 0.690. The highest BCUT2D eigenvalue weighted by Gasteiger charge is 2.76. The van der Waals surface area contributed by atoms with Crippen LogP contribution in [0.15, 0.2) is 48.5 Å². The first-order valence-corrected chi connectivity index (χ1v) is 8.76. The molecule has 2 aliphatic rings. The first-order valence-electron chi connectivity index (χ1n) is 8.76. The maximum Gasteiger partial charge on any atom is 0.234 e. The number of aryl methyl sites for hydroxylation is 1. The van der Waals surface area contributed by atoms with Gasteiger partial charge in [-0.2, -0.15) is 0 Å². The van der Waals surface area contributed by atoms with Crippen LogP contribution in [0.2, 0.25) is 0 Å². The third-order valence-electron chi connectivity index (χ3n) is 5.80. The van der Waals surface area contributed by atoms with Gasteiger partial charge in [-0.25, -0.2) is 0 Å². The van der Waals surface area contributed by atoms with E-state index in [2.05, 4.69) is 13.0 Å². The minimum Gasteiger partial charge on any atom is -0.399 e. The molecule has 2 amide bonds. The molecule has 2 aromatic carbocycles. The van der Waals surface area contributed by atoms with E-state index in [9.17, 15) is 9.59 Å². The number of amides is 2. The van der Waals surface area contributed by atoms with Crippen molar-refractivity contribution in [3.63, 3.8) is 0 Å². The predicted octanol–water partition coefficient (Wildman–Crippen LogP) is 3.04. The van der Waals surface area contributed by atoms with E-state index in [0.29, 0.717) is 12.2 Å². The molecule has 0 unspecified atom stereocenters. The number of carbonyl (C=O) groups excluding carboxylic acids is 2. The van der Waals surface area contributed by atoms with Crippen LogP contribution in [-0.2, 0) is 21.5 Å². The van der Waals surface area contributed by atoms with Crippen molar-refractivity contribution in [1.82, 2.24) is 4.90 Å². The van der Waals surface area contributed by atoms with Gasteiger partial charge in [-0.15, -0.1) is 0 Å². The second kappa shape index (κ2) is 5.45. The lowest BCUT2D eigenvalue weighted by Crippen LogP contribution is -2.38. The van der Waals surface area contributed by atoms with E-state index in [0.717, 1.165) is 23.1 Å². The Bertz CT molecular complexity index is 817. The Morgan fingerprint density at radius 3 is 2.24 bits per heavy atom. The summed E-state index contributed by atoms with van der Waals surface area (Å²) in [6.07, 6.45) is 0.766. The van der Waals surface area contributed by atoms with E-state index in [1.54, 1.807) is 0 Å². The summed E-state index contributed by atoms with van der Waals surface area (Å²) >= 11 is 0. The van der Waals surface area contributed by atoms with Crippen LogP contribution in [0.5, 0.6) is 0 Å². The number of fused-ring (bicyclic) bond motifs is 1. The first kappa shape index (κ1) is 15.9. The monoisotopic (exact) mass is 334 g/mol. The number of nitrogens with zero attached hydrogens (tertiary/aromatic N) is 1. The standard InChI is InChI=1S/C21H22N2O2/c1-3-21(15-9-13(2)10-16(22)11-15)17-18(21)20(25)23(19(17)24)12-14-7-5-4-6-8-14/h4-11,17-18H,3,12,22H2,1-2H3/t17-,18+,21-. The van der Waals surface area contributed by atoms with Gasteiger partial charge < -0.3 is 5.73 Å². The minimum absolute atomic E-state index is 0.0409. The van der Waals surface area contributed by atoms with Gasteiger partial charge in [0.15, 0.2) is 0 Å². The highest BCUT2D eigenvalue weighted by molar-refractivity contribution is 6.11. The number of likely N-dealkylation sites (tertiary alicyclic amines) is 1. The van der Waals surface area contributed by atoms with Gasteiger partial charge in [-0.1, -0.05) is 43.3 Å². The average molecular weight is 334 g/mol. The third kappa shape index (κ3) is 2.20. The first-order chi connectivity index (χ1) is 12.0. The zero-order valence-electron chi connectivity index (χ0n) is 14.5. The maximum absolute atomic E-state index is 13.0. The molecule has 1 heterocycles. The Kier molecular flexibility index (Phi) is 3.46. The topological polar surface area (TPSA) is 63.4 Å². The van der Waals surface area contributed by atoms with Gasteiger partial charge in [0.2, 0.25) is 11.8 Å². The van der Waals surface area contributed by atoms with Crippen molar-refractivity contribution in [3.8, 4) is 0 Å². The largest absolute Gasteiger partial charge is 0.399 e. The zero-order chi connectivity index (χ0) is 17.8. The molecule has 1 saturated heterocycles. The summed E-state index contributed by atoms with van der Waals surface area (Å²) in [6, 6.07) is 15.6. The summed E-state index contributed by atoms with van der Waals surface area (Å²) in [7, 11) is 0. The molecule has 4 nitrogen and oxygen atoms in total. The fourth-order valence-corrected chi connectivity index (χ4v) is 4.62. The molecule has 2 N–H and O–H groups in total. The highest BCUT2D eigenvalue weighted by Crippen LogP contribution is 2.66. The Morgan fingerprint density at radius 1 is 1.04 bits per heavy atom. The second-order valence-electron chi connectivity index (χ2n) is 7.23. The molecular weight excluding hydrogens is 312 g/mol. The molecule has 1 saturated carbocycles. The smallest absolute Gasteiger partial charge is 0.234 e. The van der Waals surface area contributed by atoms with Crippen molar-refractivity contribution < 1.29 is 9.59 Å². The maximum atomic E-state index is 13.0. The summed E-state index contributed by atoms with van der Waals surface area (Å²) in [5.74, 6) is -0.564. The molecule has 0 aromatic heterocycles. The fraction of sp³-hybridized carbons (Fsp3) is 0.333. The number of piperidine rings is 1. The van der Waals surface area contributed by atoms with Crippen LogP contribution in [0.1, 0.15) is 30.0 Å². The van der Waals surface area contributed by atoms with Crippen LogP contribution in [0, 0.1) is 18.8 Å². The molecule has 2 aromatic rings. The van der Waals surface area contributed by atoms with Crippen molar-refractivity contribution in [3.05, 3.63) is 65.2 Å². The van der Waals surface area contributed by atoms with Gasteiger partial charge in [0.25, 0.3) is 0 Å². The minimum atomic E-state index is -0.374. The van der Waals surface area contributed by atoms with Crippen molar-refractivity contribution in [2.45, 2.75) is 32.2 Å². The summed E-state index contributed by atoms with van der Waals surface area (Å²) < 4.78 is 0. The Hall–Kier alpha value is -2.62. The molecule has 4 rings (SSSR count). The summed E-state index contributed by atoms with van der Waals surface area (Å²) in [6.45, 7) is 4.41. The number of nitrogens with two attached hydrogens (primary N) is 1. The molecule has 1 aliphatic carbocycles. The van der Waals surface area contributed by atoms with Gasteiger partial charge in [-0.3, -0.25) is 14.5 Å². The molecule has 1 aliphatic heterocycles. The number of nitrogen functional groups attached to an aromatic ring is 1. The molecule has 0 bridgehead atoms. The Balaban J connectivity index is 1.65. The lowest BCUT2D eigenvalue weighted by atomic mass is 9.86. The Labute approximate surface area is 147 Å². The van der Waals surface area contributed by atoms with E-state index >= 15 is 0 Å². The number of hydrogen-bond acceptors (Lipinski definition) is 3. The van der Waals surface area contributed by atoms with Gasteiger partial charge in [0.05, 0.1) is 18.4 Å². The lowest BCUT2D eigenvalue weighted by molar-refractivity contribution is -0.143. The molecule has 128 valence electrons. The lowest BCUT2D eigenvalue weighted by Gasteiger charge is -2.25. The number of carbonyl (C=O) groups is 2. The van der Waals surface area contributed by atoms with E-state index in [1.165, 1.54) is 4.90 Å². The normalized spacial score (nSPS) is 27.5. The van der Waals surface area contributed by atoms with Gasteiger partial charge in [-0.05, 0) is 42.2 Å². The van der Waals surface area contributed by atoms with E-state index < -0.39 is 0 Å². The van der Waals surface area contributed by atoms with E-state index in [-0.39, 0.29) is 29.1 Å². The molecular formula is C21H22N2O2. The van der Waals surface area contributed by atoms with Gasteiger partial charge in [0, 0.05) is 11.1 Å². The summed E-state index contributed by atoms with van der Waals surface area (Å²) in [5, 5.41) is 0. The van der Waals surface area contributed by atoms with Crippen molar-refractivity contribution in [2.24, 2.45) is 11.8 Å². The zero-order valence-corrected chi connectivity index (χ0v) is 14.5. The average Bonchev–Trinajstić information content (AvgIpc) is 3.22. The number of anilines is 1. The molecule has 4 heteroatoms. The van der Waals surface area contributed by atoms with E-state index in [1.807, 2.05) is 49.4 Å². The number of rotatable bonds is 4. The van der Waals surface area contributed by atoms with Gasteiger partial charge in [0.1, 0.15) is 0 Å². The second-order valence-corrected chi connectivity index (χ2v) is 7.23. The van der Waals surface area contributed by atoms with Crippen LogP contribution in [0.3, 0.4) is 0 Å². The predicted molar refractivity (Wildman–Crippen MR) is 96.5 cm³/mol. The van der Waals surface area contributed by atoms with Crippen molar-refractivity contribution in [2.75, 3.05) is 5.73 Å². The molecule has 0 spiro atoms. The van der Waals surface area contributed by atoms with Crippen LogP contribution in [-0.4, -0.2) is 16.7 Å². The third-order valence-corrected chi connectivity index (χ3v) is 5.80. The van der Waals surface area contributed by atoms with Crippen LogP contribution < -0.4 is 5.73 Å². The highest BCUT2D eigenvalue weighted by atomic mass is 16.2. The van der Waals surface area contributed by atoms with E-state index in [4.69, 9.17) is 5.73 Å². The van der Waals surface area contributed by atoms with Gasteiger partial charge >= 0.3 is 0 Å². The van der Waals surface area contributed by atoms with Crippen molar-refractivity contribution >= 4 is 17.5 Å². The fourth-order valence-electron chi connectivity index (χ4n) is 4.62. The van der Waals surface area contributed by atoms with Crippen LogP contribution >= 0.6 is 0 Å². The van der Waals surface area contributed by atoms with Crippen molar-refractivity contribution in [1.29, 1.82) is 0 Å². The van der Waals surface area contributed by atoms with Crippen LogP contribution in [0.25, 0.3) is 0 Å². The SMILES string of the molecule is CC[C@]1(c2cc(C)cc(N)c2)[C@@H]2C(=O)N(Cc3ccccc3)C(=O)[C@@H]21. The Morgan fingerprint density at radius 2 is 1.68 bits per heavy atom. The summed E-state index contributed by atoms with van der Waals surface area (Å²) in [4.78, 5) is 27.3. The molecule has 25 heavy (non-hydrogen) atoms. The molecule has 0 radical (unpaired) electrons. The number of imide groups is 1. The molecule has 2 fully saturated rings.